The van der Waals surface area contributed by atoms with E-state index in [1.54, 1.807) is 7.11 Å². The number of amides is 1. The number of Topliss-reactive ketones (excluding diaryl/α,β-unsaturated/α-hetero) is 1. The minimum Gasteiger partial charge on any atom is -0.507 e. The van der Waals surface area contributed by atoms with Gasteiger partial charge in [0.15, 0.2) is 0 Å². The van der Waals surface area contributed by atoms with Crippen LogP contribution in [0.1, 0.15) is 48.6 Å². The lowest BCUT2D eigenvalue weighted by atomic mass is 9.93. The Labute approximate surface area is 189 Å². The van der Waals surface area contributed by atoms with Crippen molar-refractivity contribution < 1.29 is 24.2 Å². The maximum atomic E-state index is 13.1. The molecule has 0 aliphatic carbocycles. The summed E-state index contributed by atoms with van der Waals surface area (Å²) in [6.07, 6.45) is 0.614. The number of ether oxygens (including phenoxy) is 2. The molecule has 0 bridgehead atoms. The third-order valence-electron chi connectivity index (χ3n) is 5.50. The Morgan fingerprint density at radius 3 is 2.41 bits per heavy atom. The summed E-state index contributed by atoms with van der Waals surface area (Å²) in [6, 6.07) is 12.3. The zero-order valence-electron chi connectivity index (χ0n) is 19.3. The Balaban J connectivity index is 2.11. The lowest BCUT2D eigenvalue weighted by Gasteiger charge is -2.25. The van der Waals surface area contributed by atoms with Crippen LogP contribution in [0.4, 0.5) is 0 Å². The van der Waals surface area contributed by atoms with Crippen LogP contribution in [0.25, 0.3) is 5.76 Å². The van der Waals surface area contributed by atoms with Gasteiger partial charge in [0.2, 0.25) is 0 Å². The summed E-state index contributed by atoms with van der Waals surface area (Å²) in [5, 5.41) is 11.2. The van der Waals surface area contributed by atoms with Crippen LogP contribution in [0.2, 0.25) is 0 Å². The first-order valence-corrected chi connectivity index (χ1v) is 10.9. The molecule has 2 aromatic carbocycles. The van der Waals surface area contributed by atoms with Gasteiger partial charge in [-0.15, -0.1) is 0 Å². The highest BCUT2D eigenvalue weighted by molar-refractivity contribution is 6.46. The number of benzene rings is 2. The molecule has 6 heteroatoms. The first-order chi connectivity index (χ1) is 15.2. The largest absolute Gasteiger partial charge is 0.507 e. The van der Waals surface area contributed by atoms with Gasteiger partial charge in [0, 0.05) is 25.8 Å². The predicted molar refractivity (Wildman–Crippen MR) is 124 cm³/mol. The number of hydrogen-bond donors (Lipinski definition) is 1. The second-order valence-electron chi connectivity index (χ2n) is 8.39. The summed E-state index contributed by atoms with van der Waals surface area (Å²) in [4.78, 5) is 27.6. The van der Waals surface area contributed by atoms with E-state index in [2.05, 4.69) is 0 Å². The van der Waals surface area contributed by atoms with E-state index >= 15 is 0 Å². The molecule has 0 spiro atoms. The second kappa shape index (κ2) is 10.0. The molecule has 6 nitrogen and oxygen atoms in total. The van der Waals surface area contributed by atoms with Gasteiger partial charge in [0.25, 0.3) is 11.7 Å². The van der Waals surface area contributed by atoms with Crippen molar-refractivity contribution in [1.82, 2.24) is 4.90 Å². The van der Waals surface area contributed by atoms with E-state index in [-0.39, 0.29) is 17.4 Å². The molecule has 1 aliphatic rings. The van der Waals surface area contributed by atoms with E-state index in [1.165, 1.54) is 4.90 Å². The van der Waals surface area contributed by atoms with E-state index in [9.17, 15) is 14.7 Å². The first-order valence-electron chi connectivity index (χ1n) is 10.9. The topological polar surface area (TPSA) is 76.1 Å². The smallest absolute Gasteiger partial charge is 0.295 e. The number of rotatable bonds is 8. The van der Waals surface area contributed by atoms with Crippen molar-refractivity contribution in [2.24, 2.45) is 0 Å². The number of nitrogens with zero attached hydrogens (tertiary/aromatic N) is 1. The van der Waals surface area contributed by atoms with Crippen molar-refractivity contribution >= 4 is 17.4 Å². The zero-order valence-corrected chi connectivity index (χ0v) is 19.3. The average molecular weight is 438 g/mol. The fourth-order valence-electron chi connectivity index (χ4n) is 3.97. The summed E-state index contributed by atoms with van der Waals surface area (Å²) in [7, 11) is 1.60. The first kappa shape index (κ1) is 23.5. The number of hydrogen-bond acceptors (Lipinski definition) is 5. The van der Waals surface area contributed by atoms with Gasteiger partial charge in [0.05, 0.1) is 17.7 Å². The van der Waals surface area contributed by atoms with E-state index in [0.29, 0.717) is 30.9 Å². The molecular formula is C26H31NO5. The second-order valence-corrected chi connectivity index (χ2v) is 8.39. The molecule has 32 heavy (non-hydrogen) atoms. The van der Waals surface area contributed by atoms with Crippen LogP contribution in [0, 0.1) is 13.8 Å². The number of aliphatic hydroxyl groups is 1. The number of methoxy groups -OCH3 is 1. The van der Waals surface area contributed by atoms with Gasteiger partial charge >= 0.3 is 0 Å². The van der Waals surface area contributed by atoms with Crippen LogP contribution >= 0.6 is 0 Å². The van der Waals surface area contributed by atoms with E-state index in [4.69, 9.17) is 9.47 Å². The number of carbonyl (C=O) groups is 2. The highest BCUT2D eigenvalue weighted by Crippen LogP contribution is 2.40. The Bertz CT molecular complexity index is 1020. The Hall–Kier alpha value is -3.12. The maximum absolute atomic E-state index is 13.1. The highest BCUT2D eigenvalue weighted by atomic mass is 16.5. The Kier molecular flexibility index (Phi) is 7.36. The van der Waals surface area contributed by atoms with Crippen molar-refractivity contribution in [3.8, 4) is 5.75 Å². The normalized spacial score (nSPS) is 17.9. The van der Waals surface area contributed by atoms with Crippen LogP contribution in [-0.2, 0) is 14.3 Å². The number of ketones is 1. The molecule has 0 radical (unpaired) electrons. The van der Waals surface area contributed by atoms with E-state index < -0.39 is 17.7 Å². The van der Waals surface area contributed by atoms with Crippen molar-refractivity contribution in [1.29, 1.82) is 0 Å². The van der Waals surface area contributed by atoms with Gasteiger partial charge in [-0.2, -0.15) is 0 Å². The molecule has 1 amide bonds. The fourth-order valence-corrected chi connectivity index (χ4v) is 3.97. The van der Waals surface area contributed by atoms with Gasteiger partial charge < -0.3 is 19.5 Å². The molecule has 1 aliphatic heterocycles. The van der Waals surface area contributed by atoms with E-state index in [0.717, 1.165) is 16.7 Å². The molecule has 0 saturated carbocycles. The monoisotopic (exact) mass is 437 g/mol. The van der Waals surface area contributed by atoms with Crippen LogP contribution in [0.5, 0.6) is 5.75 Å². The predicted octanol–water partition coefficient (Wildman–Crippen LogP) is 4.55. The minimum absolute atomic E-state index is 0.0322. The average Bonchev–Trinajstić information content (AvgIpc) is 3.00. The lowest BCUT2D eigenvalue weighted by molar-refractivity contribution is -0.140. The van der Waals surface area contributed by atoms with Crippen LogP contribution in [0.3, 0.4) is 0 Å². The molecule has 2 aromatic rings. The fraction of sp³-hybridized carbons (Fsp3) is 0.385. The summed E-state index contributed by atoms with van der Waals surface area (Å²) in [5.41, 5.74) is 3.20. The molecule has 1 unspecified atom stereocenters. The van der Waals surface area contributed by atoms with Gasteiger partial charge in [-0.25, -0.2) is 0 Å². The number of likely N-dealkylation sites (tertiary alicyclic amines) is 1. The third kappa shape index (κ3) is 4.86. The van der Waals surface area contributed by atoms with Crippen molar-refractivity contribution in [3.63, 3.8) is 0 Å². The molecule has 1 atom stereocenters. The van der Waals surface area contributed by atoms with Crippen molar-refractivity contribution in [3.05, 3.63) is 70.3 Å². The summed E-state index contributed by atoms with van der Waals surface area (Å²) < 4.78 is 10.9. The Morgan fingerprint density at radius 2 is 1.78 bits per heavy atom. The molecule has 1 N–H and O–H groups in total. The van der Waals surface area contributed by atoms with Gasteiger partial charge in [-0.1, -0.05) is 29.8 Å². The number of carbonyl (C=O) groups excluding carboxylic acids is 2. The minimum atomic E-state index is -0.681. The summed E-state index contributed by atoms with van der Waals surface area (Å²) >= 11 is 0. The molecule has 1 saturated heterocycles. The van der Waals surface area contributed by atoms with Gasteiger partial charge in [0.1, 0.15) is 11.5 Å². The molecule has 1 heterocycles. The van der Waals surface area contributed by atoms with Gasteiger partial charge in [-0.05, 0) is 63.4 Å². The Morgan fingerprint density at radius 1 is 1.09 bits per heavy atom. The quantitative estimate of drug-likeness (QED) is 0.284. The third-order valence-corrected chi connectivity index (χ3v) is 5.50. The molecular weight excluding hydrogens is 406 g/mol. The van der Waals surface area contributed by atoms with Crippen LogP contribution in [0.15, 0.2) is 48.0 Å². The highest BCUT2D eigenvalue weighted by Gasteiger charge is 2.45. The maximum Gasteiger partial charge on any atom is 0.295 e. The van der Waals surface area contributed by atoms with Crippen LogP contribution in [-0.4, -0.2) is 48.1 Å². The number of aliphatic hydroxyl groups excluding tert-OH is 1. The van der Waals surface area contributed by atoms with Crippen molar-refractivity contribution in [2.45, 2.75) is 46.3 Å². The van der Waals surface area contributed by atoms with Gasteiger partial charge in [-0.3, -0.25) is 9.59 Å². The van der Waals surface area contributed by atoms with E-state index in [1.807, 2.05) is 70.2 Å². The lowest BCUT2D eigenvalue weighted by Crippen LogP contribution is -2.31. The zero-order chi connectivity index (χ0) is 23.4. The summed E-state index contributed by atoms with van der Waals surface area (Å²) in [6.45, 7) is 8.50. The molecule has 0 aromatic heterocycles. The summed E-state index contributed by atoms with van der Waals surface area (Å²) in [5.74, 6) is -0.727. The number of aryl methyl sites for hydroxylation is 2. The van der Waals surface area contributed by atoms with Crippen LogP contribution < -0.4 is 4.74 Å². The van der Waals surface area contributed by atoms with Crippen molar-refractivity contribution in [2.75, 3.05) is 20.3 Å². The molecule has 3 rings (SSSR count). The SMILES string of the molecule is COCCCN1C(=O)C(=O)/C(=C(/O)c2cc(C)ccc2C)C1c1ccc(OC(C)C)cc1. The molecule has 1 fully saturated rings. The molecule has 170 valence electrons. The standard InChI is InChI=1S/C26H31NO5/c1-16(2)32-20-11-9-19(10-12-20)23-22(24(28)21-15-17(3)7-8-18(21)4)25(29)26(30)27(23)13-6-14-31-5/h7-12,15-16,23,28H,6,13-14H2,1-5H3/b24-22+.